The van der Waals surface area contributed by atoms with Crippen molar-refractivity contribution in [1.82, 2.24) is 14.2 Å². The third-order valence-corrected chi connectivity index (χ3v) is 10.5. The Morgan fingerprint density at radius 2 is 1.67 bits per heavy atom. The zero-order chi connectivity index (χ0) is 25.4. The molecule has 1 saturated heterocycles. The molecule has 2 fully saturated rings. The summed E-state index contributed by atoms with van der Waals surface area (Å²) in [6, 6.07) is 10.8. The summed E-state index contributed by atoms with van der Waals surface area (Å²) in [6.45, 7) is 6.87. The Labute approximate surface area is 217 Å². The van der Waals surface area contributed by atoms with E-state index in [0.29, 0.717) is 18.7 Å². The van der Waals surface area contributed by atoms with Gasteiger partial charge in [-0.2, -0.15) is 4.31 Å². The molecule has 0 bridgehead atoms. The normalized spacial score (nSPS) is 17.8. The second kappa shape index (κ2) is 10.1. The highest BCUT2D eigenvalue weighted by molar-refractivity contribution is 7.89. The van der Waals surface area contributed by atoms with Gasteiger partial charge >= 0.3 is 0 Å². The Morgan fingerprint density at radius 3 is 2.33 bits per heavy atom. The molecule has 5 rings (SSSR count). The molecule has 36 heavy (non-hydrogen) atoms. The topological polar surface area (TPSA) is 73.8 Å². The van der Waals surface area contributed by atoms with E-state index >= 15 is 0 Å². The number of hydrogen-bond donors (Lipinski definition) is 0. The van der Waals surface area contributed by atoms with Gasteiger partial charge in [-0.1, -0.05) is 36.7 Å². The summed E-state index contributed by atoms with van der Waals surface area (Å²) in [5.41, 5.74) is 4.01. The van der Waals surface area contributed by atoms with Crippen LogP contribution in [0.2, 0.25) is 0 Å². The van der Waals surface area contributed by atoms with Crippen LogP contribution in [0, 0.1) is 13.8 Å². The van der Waals surface area contributed by atoms with Gasteiger partial charge in [0.05, 0.1) is 15.1 Å². The van der Waals surface area contributed by atoms with E-state index in [9.17, 15) is 13.2 Å². The maximum absolute atomic E-state index is 13.1. The summed E-state index contributed by atoms with van der Waals surface area (Å²) in [6.07, 6.45) is 5.14. The molecule has 1 aliphatic carbocycles. The third kappa shape index (κ3) is 4.88. The highest BCUT2D eigenvalue weighted by Crippen LogP contribution is 2.32. The van der Waals surface area contributed by atoms with Gasteiger partial charge in [0.1, 0.15) is 0 Å². The molecule has 192 valence electrons. The van der Waals surface area contributed by atoms with Gasteiger partial charge in [-0.05, 0) is 68.1 Å². The van der Waals surface area contributed by atoms with Crippen molar-refractivity contribution in [2.24, 2.45) is 0 Å². The molecule has 2 aliphatic rings. The van der Waals surface area contributed by atoms with Crippen LogP contribution in [-0.4, -0.2) is 67.8 Å². The van der Waals surface area contributed by atoms with E-state index in [1.54, 1.807) is 42.6 Å². The van der Waals surface area contributed by atoms with Crippen molar-refractivity contribution in [3.8, 4) is 0 Å². The van der Waals surface area contributed by atoms with E-state index in [-0.39, 0.29) is 16.8 Å². The Kier molecular flexibility index (Phi) is 7.07. The van der Waals surface area contributed by atoms with Crippen molar-refractivity contribution in [3.05, 3.63) is 53.1 Å². The second-order valence-electron chi connectivity index (χ2n) is 10.0. The molecule has 0 atom stereocenters. The van der Waals surface area contributed by atoms with Gasteiger partial charge in [0.25, 0.3) is 5.91 Å². The third-order valence-electron chi connectivity index (χ3n) is 7.52. The number of nitrogens with zero attached hydrogens (tertiary/aromatic N) is 4. The van der Waals surface area contributed by atoms with Crippen LogP contribution in [0.1, 0.15) is 53.6 Å². The van der Waals surface area contributed by atoms with Crippen LogP contribution >= 0.6 is 11.3 Å². The highest BCUT2D eigenvalue weighted by Gasteiger charge is 2.30. The lowest BCUT2D eigenvalue weighted by atomic mass is 9.96. The van der Waals surface area contributed by atoms with Crippen molar-refractivity contribution >= 4 is 42.6 Å². The first-order valence-electron chi connectivity index (χ1n) is 12.7. The predicted molar refractivity (Wildman–Crippen MR) is 145 cm³/mol. The fraction of sp³-hybridized carbons (Fsp3) is 0.481. The van der Waals surface area contributed by atoms with Gasteiger partial charge in [-0.15, -0.1) is 0 Å². The average molecular weight is 527 g/mol. The number of hydrogen-bond acceptors (Lipinski definition) is 6. The molecule has 1 saturated carbocycles. The minimum absolute atomic E-state index is 0.0599. The number of thiazole rings is 1. The molecule has 1 aliphatic heterocycles. The molecule has 7 nitrogen and oxygen atoms in total. The number of anilines is 1. The second-order valence-corrected chi connectivity index (χ2v) is 13.0. The maximum Gasteiger partial charge on any atom is 0.253 e. The van der Waals surface area contributed by atoms with Gasteiger partial charge in [-0.25, -0.2) is 13.4 Å². The number of carbonyl (C=O) groups excluding carboxylic acids is 1. The van der Waals surface area contributed by atoms with Gasteiger partial charge in [0, 0.05) is 44.8 Å². The number of carbonyl (C=O) groups is 1. The lowest BCUT2D eigenvalue weighted by molar-refractivity contribution is 0.0746. The largest absolute Gasteiger partial charge is 0.345 e. The lowest BCUT2D eigenvalue weighted by Gasteiger charge is -2.34. The monoisotopic (exact) mass is 526 g/mol. The van der Waals surface area contributed by atoms with Gasteiger partial charge in [-0.3, -0.25) is 4.79 Å². The fourth-order valence-electron chi connectivity index (χ4n) is 5.35. The van der Waals surface area contributed by atoms with E-state index in [1.807, 2.05) is 4.90 Å². The van der Waals surface area contributed by atoms with Crippen molar-refractivity contribution in [2.45, 2.75) is 56.9 Å². The summed E-state index contributed by atoms with van der Waals surface area (Å²) in [5, 5.41) is 1.00. The number of rotatable bonds is 5. The van der Waals surface area contributed by atoms with Crippen LogP contribution in [0.3, 0.4) is 0 Å². The molecule has 1 amide bonds. The zero-order valence-corrected chi connectivity index (χ0v) is 22.9. The van der Waals surface area contributed by atoms with Crippen molar-refractivity contribution in [3.63, 3.8) is 0 Å². The zero-order valence-electron chi connectivity index (χ0n) is 21.2. The summed E-state index contributed by atoms with van der Waals surface area (Å²) < 4.78 is 28.9. The van der Waals surface area contributed by atoms with Crippen LogP contribution in [0.4, 0.5) is 5.13 Å². The smallest absolute Gasteiger partial charge is 0.253 e. The molecule has 1 aromatic heterocycles. The van der Waals surface area contributed by atoms with E-state index in [1.165, 1.54) is 26.6 Å². The molecular weight excluding hydrogens is 492 g/mol. The van der Waals surface area contributed by atoms with Crippen molar-refractivity contribution in [2.75, 3.05) is 38.1 Å². The quantitative estimate of drug-likeness (QED) is 0.476. The van der Waals surface area contributed by atoms with Crippen LogP contribution in [-0.2, 0) is 10.0 Å². The number of fused-ring (bicyclic) bond motifs is 1. The SMILES string of the molecule is Cc1cc(C)c2nc(N3CCN(C(=O)c4ccc(S(=O)(=O)N(C)C5CCCCC5)cc4)CC3)sc2c1. The van der Waals surface area contributed by atoms with Crippen LogP contribution < -0.4 is 4.90 Å². The Morgan fingerprint density at radius 1 is 1.00 bits per heavy atom. The Balaban J connectivity index is 1.23. The van der Waals surface area contributed by atoms with Crippen molar-refractivity contribution < 1.29 is 13.2 Å². The van der Waals surface area contributed by atoms with Crippen molar-refractivity contribution in [1.29, 1.82) is 0 Å². The summed E-state index contributed by atoms with van der Waals surface area (Å²) in [7, 11) is -1.89. The molecule has 0 radical (unpaired) electrons. The first-order valence-corrected chi connectivity index (χ1v) is 15.0. The maximum atomic E-state index is 13.1. The van der Waals surface area contributed by atoms with Crippen LogP contribution in [0.15, 0.2) is 41.3 Å². The van der Waals surface area contributed by atoms with Gasteiger partial charge < -0.3 is 9.80 Å². The number of aryl methyl sites for hydroxylation is 2. The first kappa shape index (κ1) is 25.2. The molecule has 2 heterocycles. The number of sulfonamides is 1. The van der Waals surface area contributed by atoms with E-state index in [4.69, 9.17) is 4.98 Å². The fourth-order valence-corrected chi connectivity index (χ4v) is 7.96. The highest BCUT2D eigenvalue weighted by atomic mass is 32.2. The van der Waals surface area contributed by atoms with Crippen LogP contribution in [0.5, 0.6) is 0 Å². The summed E-state index contributed by atoms with van der Waals surface area (Å²) >= 11 is 1.70. The molecular formula is C27H34N4O3S2. The molecule has 0 unspecified atom stereocenters. The minimum atomic E-state index is -3.56. The first-order chi connectivity index (χ1) is 17.2. The molecule has 0 N–H and O–H groups in total. The Hall–Kier alpha value is -2.49. The van der Waals surface area contributed by atoms with E-state index in [2.05, 4.69) is 30.9 Å². The average Bonchev–Trinajstić information content (AvgIpc) is 3.33. The number of amides is 1. The van der Waals surface area contributed by atoms with E-state index < -0.39 is 10.0 Å². The van der Waals surface area contributed by atoms with Gasteiger partial charge in [0.2, 0.25) is 10.0 Å². The number of piperazine rings is 1. The number of benzene rings is 2. The predicted octanol–water partition coefficient (Wildman–Crippen LogP) is 4.83. The molecule has 2 aromatic carbocycles. The summed E-state index contributed by atoms with van der Waals surface area (Å²) in [4.78, 5) is 22.4. The lowest BCUT2D eigenvalue weighted by Crippen LogP contribution is -2.48. The molecule has 0 spiro atoms. The van der Waals surface area contributed by atoms with E-state index in [0.717, 1.165) is 49.4 Å². The Bertz CT molecular complexity index is 1350. The molecule has 3 aromatic rings. The molecule has 9 heteroatoms. The minimum Gasteiger partial charge on any atom is -0.345 e. The summed E-state index contributed by atoms with van der Waals surface area (Å²) in [5.74, 6) is -0.0602. The number of aromatic nitrogens is 1. The standard InChI is InChI=1S/C27H34N4O3S2/c1-19-17-20(2)25-24(18-19)35-27(28-25)31-15-13-30(14-16-31)26(32)21-9-11-23(12-10-21)36(33,34)29(3)22-7-5-4-6-8-22/h9-12,17-18,22H,4-8,13-16H2,1-3H3. The van der Waals surface area contributed by atoms with Crippen LogP contribution in [0.25, 0.3) is 10.2 Å². The van der Waals surface area contributed by atoms with Gasteiger partial charge in [0.15, 0.2) is 5.13 Å².